The van der Waals surface area contributed by atoms with Gasteiger partial charge in [0.05, 0.1) is 11.5 Å². The first-order valence-corrected chi connectivity index (χ1v) is 9.27. The second-order valence-electron chi connectivity index (χ2n) is 5.44. The van der Waals surface area contributed by atoms with Gasteiger partial charge in [-0.3, -0.25) is 0 Å². The Morgan fingerprint density at radius 2 is 2.05 bits per heavy atom. The molecular weight excluding hydrogens is 308 g/mol. The monoisotopic (exact) mass is 324 g/mol. The molecule has 3 rings (SSSR count). The van der Waals surface area contributed by atoms with Crippen LogP contribution < -0.4 is 4.90 Å². The normalized spacial score (nSPS) is 21.6. The molecule has 0 radical (unpaired) electrons. The molecule has 2 heterocycles. The average Bonchev–Trinajstić information content (AvgIpc) is 2.46. The van der Waals surface area contributed by atoms with Gasteiger partial charge < -0.3 is 4.90 Å². The van der Waals surface area contributed by atoms with Crippen LogP contribution in [0.4, 0.5) is 5.82 Å². The fraction of sp³-hybridized carbons (Fsp3) is 0.400. The molecule has 0 saturated carbocycles. The number of pyridine rings is 1. The van der Waals surface area contributed by atoms with Gasteiger partial charge in [0, 0.05) is 30.0 Å². The summed E-state index contributed by atoms with van der Waals surface area (Å²) in [6, 6.07) is 7.93. The highest BCUT2D eigenvalue weighted by Gasteiger charge is 2.29. The van der Waals surface area contributed by atoms with Crippen molar-refractivity contribution in [2.75, 3.05) is 23.0 Å². The van der Waals surface area contributed by atoms with Crippen LogP contribution in [0.1, 0.15) is 12.5 Å². The van der Waals surface area contributed by atoms with E-state index in [2.05, 4.69) is 9.88 Å². The van der Waals surface area contributed by atoms with E-state index in [1.165, 1.54) is 0 Å². The molecule has 1 aliphatic rings. The number of benzene rings is 1. The van der Waals surface area contributed by atoms with Gasteiger partial charge in [0.2, 0.25) is 0 Å². The zero-order chi connectivity index (χ0) is 15.0. The van der Waals surface area contributed by atoms with Gasteiger partial charge in [0.25, 0.3) is 0 Å². The number of sulfone groups is 1. The standard InChI is InChI=1S/C15H17ClN2O2S/c1-11-10-21(19,20)7-6-18(11)15-14-5-3-2-4-13(14)12(8-16)9-17-15/h2-5,9,11H,6-8,10H2,1H3. The van der Waals surface area contributed by atoms with Crippen molar-refractivity contribution < 1.29 is 8.42 Å². The zero-order valence-electron chi connectivity index (χ0n) is 11.8. The van der Waals surface area contributed by atoms with Crippen molar-refractivity contribution >= 4 is 38.0 Å². The molecule has 1 atom stereocenters. The van der Waals surface area contributed by atoms with Gasteiger partial charge in [-0.25, -0.2) is 13.4 Å². The molecule has 1 saturated heterocycles. The molecule has 0 N–H and O–H groups in total. The van der Waals surface area contributed by atoms with Crippen molar-refractivity contribution in [3.63, 3.8) is 0 Å². The van der Waals surface area contributed by atoms with E-state index in [1.807, 2.05) is 31.2 Å². The molecule has 1 unspecified atom stereocenters. The molecule has 0 bridgehead atoms. The number of nitrogens with zero attached hydrogens (tertiary/aromatic N) is 2. The first-order chi connectivity index (χ1) is 10.0. The molecular formula is C15H17ClN2O2S. The second kappa shape index (κ2) is 5.46. The second-order valence-corrected chi connectivity index (χ2v) is 7.94. The van der Waals surface area contributed by atoms with Crippen LogP contribution in [0.15, 0.2) is 30.5 Å². The number of halogens is 1. The maximum Gasteiger partial charge on any atom is 0.154 e. The Bertz CT molecular complexity index is 776. The van der Waals surface area contributed by atoms with Gasteiger partial charge in [0.15, 0.2) is 9.84 Å². The van der Waals surface area contributed by atoms with Gasteiger partial charge in [-0.1, -0.05) is 24.3 Å². The summed E-state index contributed by atoms with van der Waals surface area (Å²) in [6.07, 6.45) is 1.79. The number of aromatic nitrogens is 1. The lowest BCUT2D eigenvalue weighted by Crippen LogP contribution is -2.47. The number of alkyl halides is 1. The van der Waals surface area contributed by atoms with Crippen molar-refractivity contribution in [2.24, 2.45) is 0 Å². The molecule has 6 heteroatoms. The highest BCUT2D eigenvalue weighted by Crippen LogP contribution is 2.30. The minimum atomic E-state index is -2.93. The third kappa shape index (κ3) is 2.72. The summed E-state index contributed by atoms with van der Waals surface area (Å²) in [4.78, 5) is 6.63. The van der Waals surface area contributed by atoms with E-state index in [-0.39, 0.29) is 17.5 Å². The SMILES string of the molecule is CC1CS(=O)(=O)CCN1c1ncc(CCl)c2ccccc12. The first kappa shape index (κ1) is 14.6. The third-order valence-corrected chi connectivity index (χ3v) is 6.03. The zero-order valence-corrected chi connectivity index (χ0v) is 13.4. The number of rotatable bonds is 2. The summed E-state index contributed by atoms with van der Waals surface area (Å²) in [6.45, 7) is 2.42. The Morgan fingerprint density at radius 3 is 2.71 bits per heavy atom. The number of fused-ring (bicyclic) bond motifs is 1. The molecule has 4 nitrogen and oxygen atoms in total. The van der Waals surface area contributed by atoms with Crippen LogP contribution in [0.2, 0.25) is 0 Å². The maximum absolute atomic E-state index is 11.7. The number of anilines is 1. The van der Waals surface area contributed by atoms with Crippen molar-refractivity contribution in [3.8, 4) is 0 Å². The minimum absolute atomic E-state index is 0.0680. The lowest BCUT2D eigenvalue weighted by atomic mass is 10.1. The van der Waals surface area contributed by atoms with Gasteiger partial charge in [-0.05, 0) is 17.9 Å². The van der Waals surface area contributed by atoms with E-state index in [0.29, 0.717) is 12.4 Å². The number of hydrogen-bond acceptors (Lipinski definition) is 4. The smallest absolute Gasteiger partial charge is 0.154 e. The highest BCUT2D eigenvalue weighted by molar-refractivity contribution is 7.91. The molecule has 1 aromatic heterocycles. The Balaban J connectivity index is 2.09. The Labute approximate surface area is 129 Å². The summed E-state index contributed by atoms with van der Waals surface area (Å²) in [5.74, 6) is 1.63. The lowest BCUT2D eigenvalue weighted by molar-refractivity contribution is 0.567. The Morgan fingerprint density at radius 1 is 1.33 bits per heavy atom. The molecule has 21 heavy (non-hydrogen) atoms. The summed E-state index contributed by atoms with van der Waals surface area (Å²) >= 11 is 5.98. The van der Waals surface area contributed by atoms with Crippen LogP contribution in [0.5, 0.6) is 0 Å². The van der Waals surface area contributed by atoms with E-state index in [9.17, 15) is 8.42 Å². The van der Waals surface area contributed by atoms with E-state index < -0.39 is 9.84 Å². The topological polar surface area (TPSA) is 50.3 Å². The van der Waals surface area contributed by atoms with Crippen LogP contribution in [-0.2, 0) is 15.7 Å². The lowest BCUT2D eigenvalue weighted by Gasteiger charge is -2.35. The average molecular weight is 325 g/mol. The van der Waals surface area contributed by atoms with Gasteiger partial charge in [-0.15, -0.1) is 11.6 Å². The molecule has 0 amide bonds. The molecule has 0 aliphatic carbocycles. The summed E-state index contributed by atoms with van der Waals surface area (Å²) in [7, 11) is -2.93. The van der Waals surface area contributed by atoms with Gasteiger partial charge in [-0.2, -0.15) is 0 Å². The van der Waals surface area contributed by atoms with Crippen molar-refractivity contribution in [1.82, 2.24) is 4.98 Å². The highest BCUT2D eigenvalue weighted by atomic mass is 35.5. The van der Waals surface area contributed by atoms with E-state index in [0.717, 1.165) is 22.2 Å². The predicted octanol–water partition coefficient (Wildman–Crippen LogP) is 2.60. The Hall–Kier alpha value is -1.33. The van der Waals surface area contributed by atoms with E-state index >= 15 is 0 Å². The van der Waals surface area contributed by atoms with Crippen LogP contribution in [0.3, 0.4) is 0 Å². The fourth-order valence-electron chi connectivity index (χ4n) is 2.88. The molecule has 0 spiro atoms. The Kier molecular flexibility index (Phi) is 3.80. The van der Waals surface area contributed by atoms with Crippen LogP contribution in [0.25, 0.3) is 10.8 Å². The van der Waals surface area contributed by atoms with Crippen molar-refractivity contribution in [2.45, 2.75) is 18.8 Å². The summed E-state index contributed by atoms with van der Waals surface area (Å²) in [5, 5.41) is 2.11. The first-order valence-electron chi connectivity index (χ1n) is 6.91. The summed E-state index contributed by atoms with van der Waals surface area (Å²) < 4.78 is 23.5. The van der Waals surface area contributed by atoms with Crippen LogP contribution in [0, 0.1) is 0 Å². The molecule has 1 fully saturated rings. The molecule has 112 valence electrons. The molecule has 1 aliphatic heterocycles. The number of hydrogen-bond donors (Lipinski definition) is 0. The van der Waals surface area contributed by atoms with Crippen LogP contribution in [-0.4, -0.2) is 37.5 Å². The van der Waals surface area contributed by atoms with Crippen molar-refractivity contribution in [1.29, 1.82) is 0 Å². The van der Waals surface area contributed by atoms with E-state index in [4.69, 9.17) is 11.6 Å². The quantitative estimate of drug-likeness (QED) is 0.797. The molecule has 2 aromatic rings. The largest absolute Gasteiger partial charge is 0.351 e. The maximum atomic E-state index is 11.7. The fourth-order valence-corrected chi connectivity index (χ4v) is 4.65. The minimum Gasteiger partial charge on any atom is -0.351 e. The molecule has 1 aromatic carbocycles. The third-order valence-electron chi connectivity index (χ3n) is 3.94. The van der Waals surface area contributed by atoms with Gasteiger partial charge in [0.1, 0.15) is 5.82 Å². The van der Waals surface area contributed by atoms with Crippen molar-refractivity contribution in [3.05, 3.63) is 36.0 Å². The predicted molar refractivity (Wildman–Crippen MR) is 86.8 cm³/mol. The summed E-state index contributed by atoms with van der Waals surface area (Å²) in [5.41, 5.74) is 0.994. The van der Waals surface area contributed by atoms with Gasteiger partial charge >= 0.3 is 0 Å². The van der Waals surface area contributed by atoms with Crippen LogP contribution >= 0.6 is 11.6 Å². The van der Waals surface area contributed by atoms with E-state index in [1.54, 1.807) is 6.20 Å².